The van der Waals surface area contributed by atoms with E-state index in [-0.39, 0.29) is 0 Å². The number of rotatable bonds is 7. The molecule has 118 valence electrons. The highest BCUT2D eigenvalue weighted by molar-refractivity contribution is 7.11. The van der Waals surface area contributed by atoms with Gasteiger partial charge in [-0.25, -0.2) is 4.99 Å². The molecule has 1 saturated heterocycles. The third-order valence-electron chi connectivity index (χ3n) is 3.59. The molecule has 0 aromatic carbocycles. The first kappa shape index (κ1) is 16.3. The third kappa shape index (κ3) is 5.67. The Morgan fingerprint density at radius 3 is 2.86 bits per heavy atom. The van der Waals surface area contributed by atoms with Crippen molar-refractivity contribution < 1.29 is 4.74 Å². The molecule has 2 heterocycles. The number of thiophene rings is 1. The summed E-state index contributed by atoms with van der Waals surface area (Å²) >= 11 is 1.85. The van der Waals surface area contributed by atoms with E-state index in [0.29, 0.717) is 6.10 Å². The summed E-state index contributed by atoms with van der Waals surface area (Å²) in [6.07, 6.45) is 5.00. The van der Waals surface area contributed by atoms with Crippen LogP contribution in [0.5, 0.6) is 0 Å². The Bertz CT molecular complexity index is 438. The van der Waals surface area contributed by atoms with Crippen molar-refractivity contribution in [2.45, 2.75) is 52.2 Å². The molecule has 0 spiro atoms. The number of nitrogens with one attached hydrogen (secondary N) is 2. The van der Waals surface area contributed by atoms with Crippen molar-refractivity contribution in [3.63, 3.8) is 0 Å². The monoisotopic (exact) mass is 309 g/mol. The summed E-state index contributed by atoms with van der Waals surface area (Å²) in [7, 11) is 0. The number of aliphatic imine (C=N–C) groups is 1. The van der Waals surface area contributed by atoms with Crippen molar-refractivity contribution in [2.24, 2.45) is 4.99 Å². The van der Waals surface area contributed by atoms with Gasteiger partial charge in [-0.05, 0) is 44.7 Å². The quantitative estimate of drug-likeness (QED) is 0.601. The maximum Gasteiger partial charge on any atom is 0.191 e. The second-order valence-electron chi connectivity index (χ2n) is 5.27. The SMILES string of the molecule is CCNC(=NCc1ccc(CC)s1)NCCC1CCCO1. The summed E-state index contributed by atoms with van der Waals surface area (Å²) in [4.78, 5) is 7.41. The second-order valence-corrected chi connectivity index (χ2v) is 6.52. The molecule has 21 heavy (non-hydrogen) atoms. The van der Waals surface area contributed by atoms with E-state index in [2.05, 4.69) is 41.6 Å². The average Bonchev–Trinajstić information content (AvgIpc) is 3.16. The van der Waals surface area contributed by atoms with Crippen molar-refractivity contribution in [3.8, 4) is 0 Å². The zero-order valence-corrected chi connectivity index (χ0v) is 14.0. The first-order chi connectivity index (χ1) is 10.3. The van der Waals surface area contributed by atoms with Crippen molar-refractivity contribution >= 4 is 17.3 Å². The predicted octanol–water partition coefficient (Wildman–Crippen LogP) is 2.93. The molecule has 4 nitrogen and oxygen atoms in total. The fourth-order valence-corrected chi connectivity index (χ4v) is 3.30. The lowest BCUT2D eigenvalue weighted by atomic mass is 10.2. The molecule has 1 aliphatic heterocycles. The van der Waals surface area contributed by atoms with E-state index in [1.165, 1.54) is 22.6 Å². The van der Waals surface area contributed by atoms with E-state index in [0.717, 1.165) is 45.0 Å². The van der Waals surface area contributed by atoms with Crippen LogP contribution in [-0.4, -0.2) is 31.8 Å². The van der Waals surface area contributed by atoms with Gasteiger partial charge in [0.1, 0.15) is 0 Å². The highest BCUT2D eigenvalue weighted by atomic mass is 32.1. The van der Waals surface area contributed by atoms with Gasteiger partial charge >= 0.3 is 0 Å². The molecule has 5 heteroatoms. The molecule has 0 aliphatic carbocycles. The first-order valence-corrected chi connectivity index (χ1v) is 8.84. The number of ether oxygens (including phenoxy) is 1. The van der Waals surface area contributed by atoms with Crippen molar-refractivity contribution in [3.05, 3.63) is 21.9 Å². The number of guanidine groups is 1. The molecule has 1 aromatic heterocycles. The minimum absolute atomic E-state index is 0.435. The number of nitrogens with zero attached hydrogens (tertiary/aromatic N) is 1. The van der Waals surface area contributed by atoms with E-state index in [1.54, 1.807) is 0 Å². The second kappa shape index (κ2) is 9.05. The summed E-state index contributed by atoms with van der Waals surface area (Å²) in [6.45, 7) is 7.77. The largest absolute Gasteiger partial charge is 0.378 e. The first-order valence-electron chi connectivity index (χ1n) is 8.03. The molecule has 0 bridgehead atoms. The molecule has 1 aromatic rings. The van der Waals surface area contributed by atoms with Crippen LogP contribution in [0.3, 0.4) is 0 Å². The van der Waals surface area contributed by atoms with E-state index < -0.39 is 0 Å². The van der Waals surface area contributed by atoms with Gasteiger partial charge in [-0.15, -0.1) is 11.3 Å². The van der Waals surface area contributed by atoms with E-state index in [9.17, 15) is 0 Å². The van der Waals surface area contributed by atoms with Crippen LogP contribution in [0.15, 0.2) is 17.1 Å². The van der Waals surface area contributed by atoms with Gasteiger partial charge < -0.3 is 15.4 Å². The molecule has 0 amide bonds. The molecule has 2 N–H and O–H groups in total. The average molecular weight is 309 g/mol. The Labute approximate surface area is 132 Å². The standard InChI is InChI=1S/C16H27N3OS/c1-3-14-7-8-15(21-14)12-19-16(17-4-2)18-10-9-13-6-5-11-20-13/h7-8,13H,3-6,9-12H2,1-2H3,(H2,17,18,19). The van der Waals surface area contributed by atoms with E-state index >= 15 is 0 Å². The van der Waals surface area contributed by atoms with Crippen molar-refractivity contribution in [1.29, 1.82) is 0 Å². The normalized spacial score (nSPS) is 19.0. The molecule has 1 atom stereocenters. The van der Waals surface area contributed by atoms with Gasteiger partial charge in [0.25, 0.3) is 0 Å². The molecule has 1 fully saturated rings. The maximum absolute atomic E-state index is 5.64. The van der Waals surface area contributed by atoms with Gasteiger partial charge in [-0.3, -0.25) is 0 Å². The molecule has 1 aliphatic rings. The van der Waals surface area contributed by atoms with Gasteiger partial charge in [0.2, 0.25) is 0 Å². The summed E-state index contributed by atoms with van der Waals surface area (Å²) in [5.74, 6) is 0.905. The lowest BCUT2D eigenvalue weighted by Crippen LogP contribution is -2.38. The highest BCUT2D eigenvalue weighted by Gasteiger charge is 2.14. The van der Waals surface area contributed by atoms with Crippen LogP contribution >= 0.6 is 11.3 Å². The Balaban J connectivity index is 1.77. The fraction of sp³-hybridized carbons (Fsp3) is 0.688. The van der Waals surface area contributed by atoms with Gasteiger partial charge in [-0.1, -0.05) is 6.92 Å². The minimum atomic E-state index is 0.435. The topological polar surface area (TPSA) is 45.7 Å². The smallest absolute Gasteiger partial charge is 0.191 e. The predicted molar refractivity (Wildman–Crippen MR) is 90.1 cm³/mol. The minimum Gasteiger partial charge on any atom is -0.378 e. The number of hydrogen-bond acceptors (Lipinski definition) is 3. The summed E-state index contributed by atoms with van der Waals surface area (Å²) in [5.41, 5.74) is 0. The van der Waals surface area contributed by atoms with Gasteiger partial charge in [0, 0.05) is 29.5 Å². The fourth-order valence-electron chi connectivity index (χ4n) is 2.42. The molecule has 0 radical (unpaired) electrons. The Morgan fingerprint density at radius 2 is 2.19 bits per heavy atom. The lowest BCUT2D eigenvalue weighted by Gasteiger charge is -2.13. The van der Waals surface area contributed by atoms with Crippen molar-refractivity contribution in [1.82, 2.24) is 10.6 Å². The molecular formula is C16H27N3OS. The van der Waals surface area contributed by atoms with Crippen LogP contribution in [0, 0.1) is 0 Å². The van der Waals surface area contributed by atoms with E-state index in [4.69, 9.17) is 4.74 Å². The molecule has 2 rings (SSSR count). The van der Waals surface area contributed by atoms with E-state index in [1.807, 2.05) is 11.3 Å². The third-order valence-corrected chi connectivity index (χ3v) is 4.80. The molecular weight excluding hydrogens is 282 g/mol. The zero-order chi connectivity index (χ0) is 14.9. The summed E-state index contributed by atoms with van der Waals surface area (Å²) < 4.78 is 5.64. The van der Waals surface area contributed by atoms with Crippen molar-refractivity contribution in [2.75, 3.05) is 19.7 Å². The molecule has 0 saturated carbocycles. The number of hydrogen-bond donors (Lipinski definition) is 2. The van der Waals surface area contributed by atoms with Crippen LogP contribution in [-0.2, 0) is 17.7 Å². The Hall–Kier alpha value is -1.07. The lowest BCUT2D eigenvalue weighted by molar-refractivity contribution is 0.105. The Kier molecular flexibility index (Phi) is 7.03. The van der Waals surface area contributed by atoms with Crippen LogP contribution in [0.1, 0.15) is 42.9 Å². The summed E-state index contributed by atoms with van der Waals surface area (Å²) in [6, 6.07) is 4.39. The summed E-state index contributed by atoms with van der Waals surface area (Å²) in [5, 5.41) is 6.70. The van der Waals surface area contributed by atoms with Gasteiger partial charge in [0.15, 0.2) is 5.96 Å². The Morgan fingerprint density at radius 1 is 1.33 bits per heavy atom. The maximum atomic E-state index is 5.64. The van der Waals surface area contributed by atoms with Crippen LogP contribution in [0.4, 0.5) is 0 Å². The van der Waals surface area contributed by atoms with Crippen LogP contribution < -0.4 is 10.6 Å². The highest BCUT2D eigenvalue weighted by Crippen LogP contribution is 2.17. The zero-order valence-electron chi connectivity index (χ0n) is 13.2. The van der Waals surface area contributed by atoms with Gasteiger partial charge in [0.05, 0.1) is 12.6 Å². The van der Waals surface area contributed by atoms with Crippen LogP contribution in [0.2, 0.25) is 0 Å². The van der Waals surface area contributed by atoms with Gasteiger partial charge in [-0.2, -0.15) is 0 Å². The number of aryl methyl sites for hydroxylation is 1. The van der Waals surface area contributed by atoms with Crippen LogP contribution in [0.25, 0.3) is 0 Å². The molecule has 1 unspecified atom stereocenters.